The molecule has 4 heterocycles. The second kappa shape index (κ2) is 19.1. The van der Waals surface area contributed by atoms with Crippen LogP contribution in [0, 0.1) is 25.0 Å². The van der Waals surface area contributed by atoms with E-state index in [1.165, 1.54) is 38.7 Å². The Morgan fingerprint density at radius 2 is 1.33 bits per heavy atom. The molecule has 10 rings (SSSR count). The van der Waals surface area contributed by atoms with E-state index in [1.54, 1.807) is 0 Å². The van der Waals surface area contributed by atoms with Crippen molar-refractivity contribution in [3.8, 4) is 39.5 Å². The summed E-state index contributed by atoms with van der Waals surface area (Å²) in [6.45, 7) is 22.9. The van der Waals surface area contributed by atoms with E-state index >= 15 is 0 Å². The van der Waals surface area contributed by atoms with E-state index in [9.17, 15) is 0 Å². The summed E-state index contributed by atoms with van der Waals surface area (Å²) in [6.07, 6.45) is 3.24. The number of benzene rings is 6. The van der Waals surface area contributed by atoms with Gasteiger partial charge in [-0.2, -0.15) is 0 Å². The molecule has 7 heteroatoms. The van der Waals surface area contributed by atoms with E-state index in [-0.39, 0.29) is 31.9 Å². The van der Waals surface area contributed by atoms with Crippen LogP contribution in [-0.4, -0.2) is 27.6 Å². The zero-order valence-corrected chi connectivity index (χ0v) is 43.1. The van der Waals surface area contributed by atoms with E-state index in [2.05, 4.69) is 193 Å². The van der Waals surface area contributed by atoms with Crippen molar-refractivity contribution in [3.63, 3.8) is 0 Å². The molecule has 10 aromatic rings. The molecule has 0 aliphatic heterocycles. The van der Waals surface area contributed by atoms with E-state index in [4.69, 9.17) is 14.4 Å². The molecule has 0 bridgehead atoms. The van der Waals surface area contributed by atoms with Crippen molar-refractivity contribution in [2.75, 3.05) is 0 Å². The fourth-order valence-corrected chi connectivity index (χ4v) is 10.9. The number of furan rings is 1. The van der Waals surface area contributed by atoms with Gasteiger partial charge in [-0.05, 0) is 88.5 Å². The Bertz CT molecular complexity index is 3300. The van der Waals surface area contributed by atoms with Crippen LogP contribution in [0.4, 0.5) is 0 Å². The summed E-state index contributed by atoms with van der Waals surface area (Å²) in [7, 11) is -1.34. The van der Waals surface area contributed by atoms with Gasteiger partial charge in [-0.25, -0.2) is 0 Å². The summed E-state index contributed by atoms with van der Waals surface area (Å²) in [5.41, 5.74) is 16.1. The average molecular weight is 1060 g/mol. The maximum Gasteiger partial charge on any atom is 0.120 e. The molecule has 335 valence electrons. The largest absolute Gasteiger partial charge is 0.501 e. The zero-order valence-electron chi connectivity index (χ0n) is 39.7. The number of aryl methyl sites for hydroxylation is 1. The van der Waals surface area contributed by atoms with E-state index in [0.29, 0.717) is 5.92 Å². The Balaban J connectivity index is 0.000000238. The van der Waals surface area contributed by atoms with Crippen molar-refractivity contribution in [1.29, 1.82) is 0 Å². The monoisotopic (exact) mass is 1060 g/mol. The number of aromatic nitrogens is 4. The Kier molecular flexibility index (Phi) is 13.5. The molecule has 0 saturated heterocycles. The molecule has 0 fully saturated rings. The van der Waals surface area contributed by atoms with Crippen LogP contribution in [0.2, 0.25) is 19.6 Å². The predicted molar refractivity (Wildman–Crippen MR) is 276 cm³/mol. The summed E-state index contributed by atoms with van der Waals surface area (Å²) in [6, 6.07) is 53.3. The van der Waals surface area contributed by atoms with Gasteiger partial charge < -0.3 is 14.0 Å². The minimum atomic E-state index is -1.34. The Morgan fingerprint density at radius 3 is 2.00 bits per heavy atom. The smallest absolute Gasteiger partial charge is 0.120 e. The SMILES string of the molecule is CC(C)Cc1cc(-c2[c-]cccc2)ncc1[Si](C)(C)C.Cc1nc2ccccc2c2c1nc(-c1[c-]ccc3c1oc1ccccc13)n2-c1c(C(C)C)cc(-c2ccccc2)cc1C(C)C.[Ir]. The first-order chi connectivity index (χ1) is 31.3. The fourth-order valence-electron chi connectivity index (χ4n) is 9.26. The maximum absolute atomic E-state index is 6.57. The van der Waals surface area contributed by atoms with Gasteiger partial charge in [0, 0.05) is 42.8 Å². The van der Waals surface area contributed by atoms with Crippen LogP contribution < -0.4 is 5.19 Å². The molecule has 0 spiro atoms. The number of fused-ring (bicyclic) bond motifs is 6. The molecule has 6 aromatic carbocycles. The molecular weight excluding hydrogens is 1000 g/mol. The van der Waals surface area contributed by atoms with E-state index in [0.717, 1.165) is 78.6 Å². The summed E-state index contributed by atoms with van der Waals surface area (Å²) in [5.74, 6) is 1.99. The first kappa shape index (κ1) is 46.5. The number of hydrogen-bond donors (Lipinski definition) is 0. The van der Waals surface area contributed by atoms with Crippen LogP contribution in [0.5, 0.6) is 0 Å². The fraction of sp³-hybridized carbons (Fsp3) is 0.237. The topological polar surface area (TPSA) is 56.7 Å². The second-order valence-electron chi connectivity index (χ2n) is 19.4. The maximum atomic E-state index is 6.57. The van der Waals surface area contributed by atoms with Gasteiger partial charge in [-0.15, -0.1) is 54.1 Å². The van der Waals surface area contributed by atoms with Crippen LogP contribution in [0.3, 0.4) is 0 Å². The Hall–Kier alpha value is -5.98. The second-order valence-corrected chi connectivity index (χ2v) is 24.4. The number of hydrogen-bond acceptors (Lipinski definition) is 4. The Labute approximate surface area is 404 Å². The van der Waals surface area contributed by atoms with Gasteiger partial charge in [-0.1, -0.05) is 150 Å². The van der Waals surface area contributed by atoms with Gasteiger partial charge in [0.15, 0.2) is 0 Å². The van der Waals surface area contributed by atoms with Crippen LogP contribution in [0.25, 0.3) is 83.3 Å². The first-order valence-electron chi connectivity index (χ1n) is 23.1. The molecule has 0 amide bonds. The molecule has 0 aliphatic rings. The third-order valence-electron chi connectivity index (χ3n) is 12.4. The van der Waals surface area contributed by atoms with Gasteiger partial charge in [0.25, 0.3) is 0 Å². The Morgan fingerprint density at radius 1 is 0.667 bits per heavy atom. The van der Waals surface area contributed by atoms with Crippen molar-refractivity contribution < 1.29 is 24.5 Å². The third-order valence-corrected chi connectivity index (χ3v) is 14.5. The molecule has 1 radical (unpaired) electrons. The van der Waals surface area contributed by atoms with E-state index < -0.39 is 8.07 Å². The predicted octanol–water partition coefficient (Wildman–Crippen LogP) is 15.5. The van der Waals surface area contributed by atoms with Gasteiger partial charge in [0.1, 0.15) is 5.58 Å². The zero-order chi connectivity index (χ0) is 45.6. The van der Waals surface area contributed by atoms with Crippen LogP contribution in [0.15, 0.2) is 144 Å². The van der Waals surface area contributed by atoms with Gasteiger partial charge >= 0.3 is 0 Å². The summed E-state index contributed by atoms with van der Waals surface area (Å²) in [4.78, 5) is 15.1. The van der Waals surface area contributed by atoms with Crippen LogP contribution in [0.1, 0.15) is 75.8 Å². The van der Waals surface area contributed by atoms with Gasteiger partial charge in [-0.3, -0.25) is 9.97 Å². The van der Waals surface area contributed by atoms with Crippen LogP contribution in [-0.2, 0) is 26.5 Å². The van der Waals surface area contributed by atoms with Gasteiger partial charge in [0.05, 0.1) is 41.7 Å². The standard InChI is InChI=1S/C41H34N3O.C18H24NSi.Ir/c1-24(2)33-22-28(27-14-7-6-8-15-27)23-34(25(3)4)38(33)44-39-31-17-9-11-20-35(31)42-26(5)37(39)43-41(44)32-19-13-18-30-29-16-10-12-21-36(29)45-40(30)32;1-14(2)11-16-12-17(15-9-7-6-8-10-15)19-13-18(16)20(3,4)5;/h6-18,20-25H,1-5H3;6-9,12-14H,11H2,1-5H3;/q2*-1;. The molecule has 0 atom stereocenters. The molecule has 5 nitrogen and oxygen atoms in total. The normalized spacial score (nSPS) is 11.8. The van der Waals surface area contributed by atoms with Crippen molar-refractivity contribution >= 4 is 57.1 Å². The molecular formula is C59H58IrN4OSi-2. The molecule has 0 saturated carbocycles. The minimum absolute atomic E-state index is 0. The van der Waals surface area contributed by atoms with Crippen molar-refractivity contribution in [3.05, 3.63) is 174 Å². The van der Waals surface area contributed by atoms with E-state index in [1.807, 2.05) is 36.4 Å². The average Bonchev–Trinajstić information content (AvgIpc) is 3.89. The van der Waals surface area contributed by atoms with Crippen molar-refractivity contribution in [1.82, 2.24) is 19.5 Å². The number of rotatable bonds is 9. The molecule has 0 N–H and O–H groups in total. The van der Waals surface area contributed by atoms with Crippen molar-refractivity contribution in [2.45, 2.75) is 86.4 Å². The number of para-hydroxylation sites is 2. The molecule has 0 unspecified atom stereocenters. The van der Waals surface area contributed by atoms with Gasteiger partial charge in [0.2, 0.25) is 0 Å². The quantitative estimate of drug-likeness (QED) is 0.107. The molecule has 66 heavy (non-hydrogen) atoms. The minimum Gasteiger partial charge on any atom is -0.501 e. The summed E-state index contributed by atoms with van der Waals surface area (Å²) < 4.78 is 8.97. The number of pyridine rings is 2. The third kappa shape index (κ3) is 8.97. The number of nitrogens with zero attached hydrogens (tertiary/aromatic N) is 4. The number of imidazole rings is 1. The first-order valence-corrected chi connectivity index (χ1v) is 26.6. The van der Waals surface area contributed by atoms with Crippen LogP contribution >= 0.6 is 0 Å². The summed E-state index contributed by atoms with van der Waals surface area (Å²) >= 11 is 0. The molecule has 4 aromatic heterocycles. The molecule has 0 aliphatic carbocycles. The summed E-state index contributed by atoms with van der Waals surface area (Å²) in [5, 5.41) is 4.72. The van der Waals surface area contributed by atoms with Crippen molar-refractivity contribution in [2.24, 2.45) is 5.92 Å².